The molecule has 0 saturated heterocycles. The van der Waals surface area contributed by atoms with Crippen LogP contribution in [0.4, 0.5) is 0 Å². The lowest BCUT2D eigenvalue weighted by Gasteiger charge is -2.03. The van der Waals surface area contributed by atoms with Gasteiger partial charge >= 0.3 is 5.97 Å². The van der Waals surface area contributed by atoms with Gasteiger partial charge in [-0.05, 0) is 25.0 Å². The largest absolute Gasteiger partial charge is 0.481 e. The molecule has 1 aromatic heterocycles. The van der Waals surface area contributed by atoms with Gasteiger partial charge < -0.3 is 10.4 Å². The zero-order chi connectivity index (χ0) is 15.1. The number of para-hydroxylation sites is 1. The Morgan fingerprint density at radius 1 is 1.29 bits per heavy atom. The third-order valence-corrected chi connectivity index (χ3v) is 4.92. The third kappa shape index (κ3) is 5.35. The third-order valence-electron chi connectivity index (χ3n) is 2.74. The number of unbranched alkanes of at least 4 members (excludes halogenated alkanes) is 1. The molecule has 0 aliphatic rings. The number of benzene rings is 1. The SMILES string of the molecule is O=C(O)CCCCNC(=O)CSc1nc2ccccc2s1. The second kappa shape index (κ2) is 7.99. The van der Waals surface area contributed by atoms with Crippen LogP contribution in [0.1, 0.15) is 19.3 Å². The van der Waals surface area contributed by atoms with E-state index in [1.54, 1.807) is 11.3 Å². The maximum absolute atomic E-state index is 11.7. The number of carbonyl (C=O) groups excluding carboxylic acids is 1. The predicted octanol–water partition coefficient (Wildman–Crippen LogP) is 2.76. The summed E-state index contributed by atoms with van der Waals surface area (Å²) in [5.41, 5.74) is 0.957. The summed E-state index contributed by atoms with van der Waals surface area (Å²) in [6.45, 7) is 0.520. The van der Waals surface area contributed by atoms with E-state index in [4.69, 9.17) is 5.11 Å². The molecule has 2 aromatic rings. The smallest absolute Gasteiger partial charge is 0.303 e. The number of hydrogen-bond donors (Lipinski definition) is 2. The Morgan fingerprint density at radius 3 is 2.86 bits per heavy atom. The first kappa shape index (κ1) is 15.8. The number of thioether (sulfide) groups is 1. The molecule has 1 aromatic carbocycles. The van der Waals surface area contributed by atoms with Crippen LogP contribution in [0, 0.1) is 0 Å². The maximum atomic E-state index is 11.7. The van der Waals surface area contributed by atoms with Crippen molar-refractivity contribution in [3.8, 4) is 0 Å². The molecule has 7 heteroatoms. The number of thiazole rings is 1. The Balaban J connectivity index is 1.67. The Morgan fingerprint density at radius 2 is 2.10 bits per heavy atom. The van der Waals surface area contributed by atoms with Gasteiger partial charge in [0.25, 0.3) is 0 Å². The normalized spacial score (nSPS) is 10.7. The van der Waals surface area contributed by atoms with Crippen molar-refractivity contribution in [3.63, 3.8) is 0 Å². The molecule has 112 valence electrons. The topological polar surface area (TPSA) is 79.3 Å². The van der Waals surface area contributed by atoms with E-state index in [-0.39, 0.29) is 12.3 Å². The first-order valence-corrected chi connectivity index (χ1v) is 8.42. The molecule has 0 aliphatic heterocycles. The molecule has 0 aliphatic carbocycles. The number of nitrogens with one attached hydrogen (secondary N) is 1. The molecule has 2 rings (SSSR count). The highest BCUT2D eigenvalue weighted by molar-refractivity contribution is 8.01. The lowest BCUT2D eigenvalue weighted by atomic mass is 10.2. The van der Waals surface area contributed by atoms with Gasteiger partial charge in [-0.15, -0.1) is 11.3 Å². The molecule has 0 radical (unpaired) electrons. The second-order valence-corrected chi connectivity index (χ2v) is 6.69. The molecule has 1 amide bonds. The fourth-order valence-electron chi connectivity index (χ4n) is 1.72. The Hall–Kier alpha value is -1.60. The number of nitrogens with zero attached hydrogens (tertiary/aromatic N) is 1. The zero-order valence-electron chi connectivity index (χ0n) is 11.4. The van der Waals surface area contributed by atoms with E-state index in [0.717, 1.165) is 14.6 Å². The molecule has 0 bridgehead atoms. The maximum Gasteiger partial charge on any atom is 0.303 e. The number of carbonyl (C=O) groups is 2. The van der Waals surface area contributed by atoms with Crippen LogP contribution in [0.2, 0.25) is 0 Å². The summed E-state index contributed by atoms with van der Waals surface area (Å²) >= 11 is 3.01. The summed E-state index contributed by atoms with van der Waals surface area (Å²) in [4.78, 5) is 26.4. The van der Waals surface area contributed by atoms with Crippen molar-refractivity contribution in [3.05, 3.63) is 24.3 Å². The quantitative estimate of drug-likeness (QED) is 0.576. The average molecular weight is 324 g/mol. The molecule has 0 spiro atoms. The first-order chi connectivity index (χ1) is 10.1. The Kier molecular flexibility index (Phi) is 6.01. The summed E-state index contributed by atoms with van der Waals surface area (Å²) in [6, 6.07) is 7.89. The highest BCUT2D eigenvalue weighted by Gasteiger charge is 2.07. The lowest BCUT2D eigenvalue weighted by molar-refractivity contribution is -0.137. The summed E-state index contributed by atoms with van der Waals surface area (Å²) in [5, 5.41) is 11.3. The molecular weight excluding hydrogens is 308 g/mol. The van der Waals surface area contributed by atoms with Gasteiger partial charge in [0.2, 0.25) is 5.91 Å². The van der Waals surface area contributed by atoms with Gasteiger partial charge in [0.1, 0.15) is 0 Å². The number of rotatable bonds is 8. The van der Waals surface area contributed by atoms with Crippen molar-refractivity contribution in [1.82, 2.24) is 10.3 Å². The molecule has 1 heterocycles. The van der Waals surface area contributed by atoms with Crippen LogP contribution >= 0.6 is 23.1 Å². The van der Waals surface area contributed by atoms with Crippen molar-refractivity contribution in [2.24, 2.45) is 0 Å². The van der Waals surface area contributed by atoms with E-state index in [1.807, 2.05) is 24.3 Å². The van der Waals surface area contributed by atoms with Crippen LogP contribution < -0.4 is 5.32 Å². The number of carboxylic acids is 1. The monoisotopic (exact) mass is 324 g/mol. The molecule has 0 saturated carbocycles. The van der Waals surface area contributed by atoms with Crippen molar-refractivity contribution in [2.45, 2.75) is 23.6 Å². The van der Waals surface area contributed by atoms with Crippen LogP contribution in [-0.4, -0.2) is 34.3 Å². The predicted molar refractivity (Wildman–Crippen MR) is 84.8 cm³/mol. The van der Waals surface area contributed by atoms with Crippen LogP contribution in [0.15, 0.2) is 28.6 Å². The van der Waals surface area contributed by atoms with Crippen LogP contribution in [0.3, 0.4) is 0 Å². The van der Waals surface area contributed by atoms with Gasteiger partial charge in [0.05, 0.1) is 16.0 Å². The van der Waals surface area contributed by atoms with Gasteiger partial charge in [0, 0.05) is 13.0 Å². The van der Waals surface area contributed by atoms with Crippen LogP contribution in [0.5, 0.6) is 0 Å². The summed E-state index contributed by atoms with van der Waals surface area (Å²) < 4.78 is 2.01. The van der Waals surface area contributed by atoms with Crippen LogP contribution in [-0.2, 0) is 9.59 Å². The van der Waals surface area contributed by atoms with E-state index in [2.05, 4.69) is 10.3 Å². The summed E-state index contributed by atoms with van der Waals surface area (Å²) in [7, 11) is 0. The lowest BCUT2D eigenvalue weighted by Crippen LogP contribution is -2.26. The van der Waals surface area contributed by atoms with Gasteiger partial charge in [0.15, 0.2) is 4.34 Å². The minimum Gasteiger partial charge on any atom is -0.481 e. The molecule has 0 fully saturated rings. The van der Waals surface area contributed by atoms with Gasteiger partial charge in [-0.25, -0.2) is 4.98 Å². The van der Waals surface area contributed by atoms with Crippen molar-refractivity contribution >= 4 is 45.2 Å². The van der Waals surface area contributed by atoms with Gasteiger partial charge in [-0.3, -0.25) is 9.59 Å². The number of aliphatic carboxylic acids is 1. The molecule has 0 unspecified atom stereocenters. The fourth-order valence-corrected chi connectivity index (χ4v) is 3.62. The van der Waals surface area contributed by atoms with E-state index in [9.17, 15) is 9.59 Å². The molecule has 2 N–H and O–H groups in total. The highest BCUT2D eigenvalue weighted by atomic mass is 32.2. The van der Waals surface area contributed by atoms with Gasteiger partial charge in [-0.2, -0.15) is 0 Å². The Labute approximate surface area is 130 Å². The molecule has 5 nitrogen and oxygen atoms in total. The summed E-state index contributed by atoms with van der Waals surface area (Å²) in [5.74, 6) is -0.513. The molecular formula is C14H16N2O3S2. The standard InChI is InChI=1S/C14H16N2O3S2/c17-12(15-8-4-3-7-13(18)19)9-20-14-16-10-5-1-2-6-11(10)21-14/h1-2,5-6H,3-4,7-9H2,(H,15,17)(H,18,19). The van der Waals surface area contributed by atoms with E-state index < -0.39 is 5.97 Å². The second-order valence-electron chi connectivity index (χ2n) is 4.44. The fraction of sp³-hybridized carbons (Fsp3) is 0.357. The van der Waals surface area contributed by atoms with Gasteiger partial charge in [-0.1, -0.05) is 23.9 Å². The number of amides is 1. The van der Waals surface area contributed by atoms with Crippen molar-refractivity contribution < 1.29 is 14.7 Å². The van der Waals surface area contributed by atoms with Crippen LogP contribution in [0.25, 0.3) is 10.2 Å². The van der Waals surface area contributed by atoms with Crippen molar-refractivity contribution in [2.75, 3.05) is 12.3 Å². The number of fused-ring (bicyclic) bond motifs is 1. The van der Waals surface area contributed by atoms with E-state index in [0.29, 0.717) is 25.1 Å². The number of hydrogen-bond acceptors (Lipinski definition) is 5. The molecule has 21 heavy (non-hydrogen) atoms. The molecule has 0 atom stereocenters. The Bertz CT molecular complexity index is 594. The van der Waals surface area contributed by atoms with E-state index >= 15 is 0 Å². The summed E-state index contributed by atoms with van der Waals surface area (Å²) in [6.07, 6.45) is 1.42. The zero-order valence-corrected chi connectivity index (χ0v) is 13.0. The minimum absolute atomic E-state index is 0.0467. The minimum atomic E-state index is -0.798. The highest BCUT2D eigenvalue weighted by Crippen LogP contribution is 2.28. The first-order valence-electron chi connectivity index (χ1n) is 6.62. The van der Waals surface area contributed by atoms with E-state index in [1.165, 1.54) is 11.8 Å². The number of carboxylic acid groups (broad SMARTS) is 1. The van der Waals surface area contributed by atoms with Crippen molar-refractivity contribution in [1.29, 1.82) is 0 Å². The average Bonchev–Trinajstić information content (AvgIpc) is 2.87. The number of aromatic nitrogens is 1.